The summed E-state index contributed by atoms with van der Waals surface area (Å²) in [4.78, 5) is 12.5. The number of carbonyl (C=O) groups is 1. The third kappa shape index (κ3) is 5.97. The molecule has 72 valence electrons. The van der Waals surface area contributed by atoms with Crippen molar-refractivity contribution in [2.24, 2.45) is 0 Å². The third-order valence-electron chi connectivity index (χ3n) is 1.41. The lowest BCUT2D eigenvalue weighted by Crippen LogP contribution is -2.38. The summed E-state index contributed by atoms with van der Waals surface area (Å²) in [6.07, 6.45) is 1.13. The van der Waals surface area contributed by atoms with Crippen molar-refractivity contribution in [3.63, 3.8) is 0 Å². The first-order valence-corrected chi connectivity index (χ1v) is 4.34. The highest BCUT2D eigenvalue weighted by atomic mass is 16.2. The molecule has 0 atom stereocenters. The van der Waals surface area contributed by atoms with Crippen molar-refractivity contribution in [2.45, 2.75) is 13.3 Å². The zero-order valence-electron chi connectivity index (χ0n) is 8.18. The van der Waals surface area contributed by atoms with Gasteiger partial charge in [0.1, 0.15) is 0 Å². The van der Waals surface area contributed by atoms with Crippen molar-refractivity contribution in [1.82, 2.24) is 15.5 Å². The molecule has 0 saturated heterocycles. The average Bonchev–Trinajstić information content (AvgIpc) is 2.03. The molecule has 0 fully saturated rings. The molecule has 2 N–H and O–H groups in total. The topological polar surface area (TPSA) is 44.4 Å². The van der Waals surface area contributed by atoms with Gasteiger partial charge in [0.05, 0.1) is 0 Å². The van der Waals surface area contributed by atoms with Gasteiger partial charge in [0.25, 0.3) is 0 Å². The standard InChI is InChI=1S/C8H19N3O/c1-4-5-9-6-7-10-8(12)11(2)3/h9H,4-7H2,1-3H3,(H,10,12). The van der Waals surface area contributed by atoms with E-state index < -0.39 is 0 Å². The second-order valence-corrected chi connectivity index (χ2v) is 2.88. The molecule has 0 aliphatic carbocycles. The van der Waals surface area contributed by atoms with Crippen molar-refractivity contribution in [1.29, 1.82) is 0 Å². The fourth-order valence-corrected chi connectivity index (χ4v) is 0.718. The quantitative estimate of drug-likeness (QED) is 0.586. The number of nitrogens with one attached hydrogen (secondary N) is 2. The molecule has 0 bridgehead atoms. The van der Waals surface area contributed by atoms with Crippen LogP contribution < -0.4 is 10.6 Å². The van der Waals surface area contributed by atoms with Crippen molar-refractivity contribution in [3.8, 4) is 0 Å². The molecule has 0 radical (unpaired) electrons. The first kappa shape index (κ1) is 11.2. The molecular formula is C8H19N3O. The normalized spacial score (nSPS) is 9.58. The first-order valence-electron chi connectivity index (χ1n) is 4.34. The van der Waals surface area contributed by atoms with Crippen LogP contribution >= 0.6 is 0 Å². The minimum Gasteiger partial charge on any atom is -0.337 e. The summed E-state index contributed by atoms with van der Waals surface area (Å²) < 4.78 is 0. The maximum atomic E-state index is 11.0. The molecule has 12 heavy (non-hydrogen) atoms. The molecule has 0 unspecified atom stereocenters. The van der Waals surface area contributed by atoms with Gasteiger partial charge in [-0.2, -0.15) is 0 Å². The highest BCUT2D eigenvalue weighted by Crippen LogP contribution is 1.75. The van der Waals surface area contributed by atoms with Crippen molar-refractivity contribution < 1.29 is 4.79 Å². The van der Waals surface area contributed by atoms with Crippen LogP contribution in [0.25, 0.3) is 0 Å². The zero-order valence-corrected chi connectivity index (χ0v) is 8.18. The van der Waals surface area contributed by atoms with Crippen LogP contribution in [0, 0.1) is 0 Å². The molecule has 0 aromatic rings. The van der Waals surface area contributed by atoms with E-state index in [9.17, 15) is 4.79 Å². The summed E-state index contributed by atoms with van der Waals surface area (Å²) in [6.45, 7) is 4.66. The second kappa shape index (κ2) is 6.91. The smallest absolute Gasteiger partial charge is 0.316 e. The number of carbonyl (C=O) groups excluding carboxylic acids is 1. The Hall–Kier alpha value is -0.770. The van der Waals surface area contributed by atoms with Gasteiger partial charge >= 0.3 is 6.03 Å². The Kier molecular flexibility index (Phi) is 6.47. The van der Waals surface area contributed by atoms with E-state index in [2.05, 4.69) is 17.6 Å². The molecule has 0 rings (SSSR count). The van der Waals surface area contributed by atoms with Crippen LogP contribution in [0.4, 0.5) is 4.79 Å². The Morgan fingerprint density at radius 2 is 1.92 bits per heavy atom. The molecule has 2 amide bonds. The molecule has 4 nitrogen and oxygen atoms in total. The number of rotatable bonds is 5. The Balaban J connectivity index is 3.14. The van der Waals surface area contributed by atoms with E-state index in [1.807, 2.05) is 0 Å². The lowest BCUT2D eigenvalue weighted by Gasteiger charge is -2.11. The summed E-state index contributed by atoms with van der Waals surface area (Å²) in [6, 6.07) is -0.0340. The second-order valence-electron chi connectivity index (χ2n) is 2.88. The largest absolute Gasteiger partial charge is 0.337 e. The Labute approximate surface area is 74.3 Å². The van der Waals surface area contributed by atoms with Crippen LogP contribution in [0.3, 0.4) is 0 Å². The van der Waals surface area contributed by atoms with Crippen molar-refractivity contribution >= 4 is 6.03 Å². The molecule has 0 saturated carbocycles. The van der Waals surface area contributed by atoms with Crippen LogP contribution in [0.2, 0.25) is 0 Å². The monoisotopic (exact) mass is 173 g/mol. The molecule has 0 aliphatic rings. The highest BCUT2D eigenvalue weighted by molar-refractivity contribution is 5.73. The predicted octanol–water partition coefficient (Wildman–Crippen LogP) is 0.257. The van der Waals surface area contributed by atoms with Gasteiger partial charge in [-0.3, -0.25) is 0 Å². The van der Waals surface area contributed by atoms with Crippen LogP contribution in [0.1, 0.15) is 13.3 Å². The summed E-state index contributed by atoms with van der Waals surface area (Å²) >= 11 is 0. The molecule has 0 spiro atoms. The maximum absolute atomic E-state index is 11.0. The lowest BCUT2D eigenvalue weighted by molar-refractivity contribution is 0.217. The Bertz CT molecular complexity index is 125. The van der Waals surface area contributed by atoms with Crippen LogP contribution in [-0.4, -0.2) is 44.7 Å². The minimum atomic E-state index is -0.0340. The van der Waals surface area contributed by atoms with Gasteiger partial charge in [0.2, 0.25) is 0 Å². The van der Waals surface area contributed by atoms with E-state index in [-0.39, 0.29) is 6.03 Å². The van der Waals surface area contributed by atoms with E-state index >= 15 is 0 Å². The van der Waals surface area contributed by atoms with E-state index in [0.717, 1.165) is 19.5 Å². The number of nitrogens with zero attached hydrogens (tertiary/aromatic N) is 1. The molecule has 0 aromatic heterocycles. The molecule has 0 heterocycles. The lowest BCUT2D eigenvalue weighted by atomic mass is 10.5. The van der Waals surface area contributed by atoms with E-state index in [1.165, 1.54) is 4.90 Å². The Morgan fingerprint density at radius 3 is 2.42 bits per heavy atom. The molecular weight excluding hydrogens is 154 g/mol. The summed E-state index contributed by atoms with van der Waals surface area (Å²) in [5.41, 5.74) is 0. The predicted molar refractivity (Wildman–Crippen MR) is 50.2 cm³/mol. The minimum absolute atomic E-state index is 0.0340. The van der Waals surface area contributed by atoms with Crippen molar-refractivity contribution in [2.75, 3.05) is 33.7 Å². The summed E-state index contributed by atoms with van der Waals surface area (Å²) in [5.74, 6) is 0. The number of amides is 2. The molecule has 0 aromatic carbocycles. The maximum Gasteiger partial charge on any atom is 0.316 e. The Morgan fingerprint density at radius 1 is 1.25 bits per heavy atom. The zero-order chi connectivity index (χ0) is 9.40. The van der Waals surface area contributed by atoms with Gasteiger partial charge in [-0.05, 0) is 13.0 Å². The van der Waals surface area contributed by atoms with E-state index in [1.54, 1.807) is 14.1 Å². The summed E-state index contributed by atoms with van der Waals surface area (Å²) in [5, 5.41) is 5.96. The van der Waals surface area contributed by atoms with Gasteiger partial charge in [-0.25, -0.2) is 4.79 Å². The van der Waals surface area contributed by atoms with Crippen molar-refractivity contribution in [3.05, 3.63) is 0 Å². The van der Waals surface area contributed by atoms with Crippen LogP contribution in [0.5, 0.6) is 0 Å². The van der Waals surface area contributed by atoms with E-state index in [4.69, 9.17) is 0 Å². The molecule has 4 heteroatoms. The SMILES string of the molecule is CCCNCCNC(=O)N(C)C. The summed E-state index contributed by atoms with van der Waals surface area (Å²) in [7, 11) is 3.46. The first-order chi connectivity index (χ1) is 5.68. The van der Waals surface area contributed by atoms with Gasteiger partial charge in [0, 0.05) is 27.2 Å². The fourth-order valence-electron chi connectivity index (χ4n) is 0.718. The number of hydrogen-bond acceptors (Lipinski definition) is 2. The average molecular weight is 173 g/mol. The van der Waals surface area contributed by atoms with Crippen LogP contribution in [-0.2, 0) is 0 Å². The van der Waals surface area contributed by atoms with Gasteiger partial charge in [-0.1, -0.05) is 6.92 Å². The fraction of sp³-hybridized carbons (Fsp3) is 0.875. The third-order valence-corrected chi connectivity index (χ3v) is 1.41. The number of hydrogen-bond donors (Lipinski definition) is 2. The van der Waals surface area contributed by atoms with Crippen LogP contribution in [0.15, 0.2) is 0 Å². The highest BCUT2D eigenvalue weighted by Gasteiger charge is 1.99. The molecule has 0 aliphatic heterocycles. The van der Waals surface area contributed by atoms with Gasteiger partial charge in [-0.15, -0.1) is 0 Å². The van der Waals surface area contributed by atoms with Gasteiger partial charge in [0.15, 0.2) is 0 Å². The van der Waals surface area contributed by atoms with E-state index in [0.29, 0.717) is 6.54 Å². The van der Waals surface area contributed by atoms with Gasteiger partial charge < -0.3 is 15.5 Å². The number of urea groups is 1.